The Bertz CT molecular complexity index is 1060. The van der Waals surface area contributed by atoms with Crippen LogP contribution in [0.15, 0.2) is 47.4 Å². The van der Waals surface area contributed by atoms with Gasteiger partial charge < -0.3 is 4.90 Å². The lowest BCUT2D eigenvalue weighted by Gasteiger charge is -2.31. The zero-order valence-electron chi connectivity index (χ0n) is 15.6. The molecule has 0 unspecified atom stereocenters. The van der Waals surface area contributed by atoms with Gasteiger partial charge in [0.25, 0.3) is 0 Å². The molecule has 0 radical (unpaired) electrons. The van der Waals surface area contributed by atoms with E-state index in [1.165, 1.54) is 4.70 Å². The number of hydrogen-bond donors (Lipinski definition) is 1. The Balaban J connectivity index is 1.36. The average Bonchev–Trinajstić information content (AvgIpc) is 3.13. The lowest BCUT2D eigenvalue weighted by atomic mass is 9.97. The maximum atomic E-state index is 12.6. The first-order valence-electron chi connectivity index (χ1n) is 9.29. The van der Waals surface area contributed by atoms with E-state index in [2.05, 4.69) is 15.7 Å². The van der Waals surface area contributed by atoms with Crippen molar-refractivity contribution >= 4 is 48.3 Å². The molecular weight excluding hydrogens is 414 g/mol. The molecule has 0 aliphatic carbocycles. The van der Waals surface area contributed by atoms with E-state index >= 15 is 0 Å². The lowest BCUT2D eigenvalue weighted by molar-refractivity contribution is 0.402. The number of thiazole rings is 1. The molecule has 1 aliphatic heterocycles. The van der Waals surface area contributed by atoms with Gasteiger partial charge >= 0.3 is 0 Å². The molecule has 1 fully saturated rings. The van der Waals surface area contributed by atoms with E-state index in [0.29, 0.717) is 23.0 Å². The summed E-state index contributed by atoms with van der Waals surface area (Å²) in [6.45, 7) is 3.96. The normalized spacial score (nSPS) is 16.0. The van der Waals surface area contributed by atoms with Gasteiger partial charge in [-0.05, 0) is 55.5 Å². The maximum absolute atomic E-state index is 12.6. The summed E-state index contributed by atoms with van der Waals surface area (Å²) in [4.78, 5) is 7.28. The Hall–Kier alpha value is -1.67. The predicted molar refractivity (Wildman–Crippen MR) is 116 cm³/mol. The highest BCUT2D eigenvalue weighted by atomic mass is 35.5. The van der Waals surface area contributed by atoms with Crippen molar-refractivity contribution < 1.29 is 8.42 Å². The molecule has 1 N–H and O–H groups in total. The van der Waals surface area contributed by atoms with E-state index in [4.69, 9.17) is 16.6 Å². The molecule has 1 saturated heterocycles. The van der Waals surface area contributed by atoms with Gasteiger partial charge in [0, 0.05) is 24.7 Å². The average molecular weight is 436 g/mol. The Kier molecular flexibility index (Phi) is 5.60. The van der Waals surface area contributed by atoms with E-state index < -0.39 is 10.0 Å². The fourth-order valence-corrected chi connectivity index (χ4v) is 6.14. The Morgan fingerprint density at radius 3 is 2.68 bits per heavy atom. The van der Waals surface area contributed by atoms with Crippen molar-refractivity contribution in [2.45, 2.75) is 24.7 Å². The van der Waals surface area contributed by atoms with Crippen molar-refractivity contribution in [3.05, 3.63) is 53.1 Å². The van der Waals surface area contributed by atoms with E-state index in [0.717, 1.165) is 36.6 Å². The van der Waals surface area contributed by atoms with E-state index in [1.807, 2.05) is 18.2 Å². The summed E-state index contributed by atoms with van der Waals surface area (Å²) in [5.74, 6) is 0.319. The summed E-state index contributed by atoms with van der Waals surface area (Å²) in [6, 6.07) is 13.1. The number of anilines is 1. The molecule has 0 amide bonds. The van der Waals surface area contributed by atoms with Crippen molar-refractivity contribution in [1.82, 2.24) is 9.71 Å². The molecule has 0 spiro atoms. The van der Waals surface area contributed by atoms with Crippen LogP contribution in [-0.2, 0) is 10.0 Å². The molecule has 3 aromatic rings. The van der Waals surface area contributed by atoms with Crippen LogP contribution in [0.2, 0.25) is 5.02 Å². The summed E-state index contributed by atoms with van der Waals surface area (Å²) >= 11 is 7.78. The van der Waals surface area contributed by atoms with Gasteiger partial charge in [0.2, 0.25) is 10.0 Å². The number of rotatable bonds is 5. The number of aromatic nitrogens is 1. The molecule has 5 nitrogen and oxygen atoms in total. The third kappa shape index (κ3) is 4.03. The lowest BCUT2D eigenvalue weighted by Crippen LogP contribution is -2.38. The molecule has 0 atom stereocenters. The molecule has 1 aliphatic rings. The molecule has 2 aromatic carbocycles. The molecule has 8 heteroatoms. The largest absolute Gasteiger partial charge is 0.348 e. The van der Waals surface area contributed by atoms with Crippen LogP contribution < -0.4 is 9.62 Å². The molecule has 28 heavy (non-hydrogen) atoms. The summed E-state index contributed by atoms with van der Waals surface area (Å²) in [5, 5.41) is 1.52. The number of sulfonamides is 1. The van der Waals surface area contributed by atoms with Crippen LogP contribution in [0.25, 0.3) is 10.2 Å². The minimum Gasteiger partial charge on any atom is -0.348 e. The Morgan fingerprint density at radius 2 is 1.93 bits per heavy atom. The van der Waals surface area contributed by atoms with Crippen LogP contribution in [0, 0.1) is 12.8 Å². The number of para-hydroxylation sites is 1. The van der Waals surface area contributed by atoms with E-state index in [9.17, 15) is 8.42 Å². The zero-order chi connectivity index (χ0) is 19.7. The van der Waals surface area contributed by atoms with Gasteiger partial charge in [0.15, 0.2) is 5.13 Å². The first kappa shape index (κ1) is 19.6. The summed E-state index contributed by atoms with van der Waals surface area (Å²) in [5.41, 5.74) is 1.62. The van der Waals surface area contributed by atoms with Gasteiger partial charge in [0.1, 0.15) is 0 Å². The summed E-state index contributed by atoms with van der Waals surface area (Å²) in [7, 11) is -3.55. The van der Waals surface area contributed by atoms with Gasteiger partial charge in [-0.15, -0.1) is 0 Å². The molecule has 1 aromatic heterocycles. The van der Waals surface area contributed by atoms with Gasteiger partial charge in [-0.3, -0.25) is 0 Å². The van der Waals surface area contributed by atoms with Gasteiger partial charge in [-0.2, -0.15) is 0 Å². The minimum absolute atomic E-state index is 0.256. The summed E-state index contributed by atoms with van der Waals surface area (Å²) in [6.07, 6.45) is 1.87. The van der Waals surface area contributed by atoms with Crippen molar-refractivity contribution in [1.29, 1.82) is 0 Å². The topological polar surface area (TPSA) is 62.3 Å². The zero-order valence-corrected chi connectivity index (χ0v) is 17.9. The van der Waals surface area contributed by atoms with Crippen LogP contribution >= 0.6 is 22.9 Å². The number of halogens is 1. The van der Waals surface area contributed by atoms with Gasteiger partial charge in [-0.1, -0.05) is 41.1 Å². The number of piperidine rings is 1. The second-order valence-corrected chi connectivity index (χ2v) is 10.3. The third-order valence-corrected chi connectivity index (χ3v) is 8.31. The van der Waals surface area contributed by atoms with Gasteiger partial charge in [0.05, 0.1) is 15.1 Å². The monoisotopic (exact) mass is 435 g/mol. The SMILES string of the molecule is Cc1c(Cl)cccc1S(=O)(=O)NCC1CCN(c2nc3ccccc3s2)CC1. The van der Waals surface area contributed by atoms with E-state index in [-0.39, 0.29) is 4.90 Å². The smallest absolute Gasteiger partial charge is 0.240 e. The highest BCUT2D eigenvalue weighted by molar-refractivity contribution is 7.89. The molecule has 2 heterocycles. The number of benzene rings is 2. The number of hydrogen-bond acceptors (Lipinski definition) is 5. The van der Waals surface area contributed by atoms with Crippen LogP contribution in [-0.4, -0.2) is 33.0 Å². The highest BCUT2D eigenvalue weighted by Gasteiger charge is 2.24. The van der Waals surface area contributed by atoms with Crippen molar-refractivity contribution in [3.63, 3.8) is 0 Å². The Morgan fingerprint density at radius 1 is 1.18 bits per heavy atom. The quantitative estimate of drug-likeness (QED) is 0.643. The first-order chi connectivity index (χ1) is 13.4. The van der Waals surface area contributed by atoms with Crippen molar-refractivity contribution in [3.8, 4) is 0 Å². The Labute approximate surface area is 174 Å². The number of nitrogens with one attached hydrogen (secondary N) is 1. The number of nitrogens with zero attached hydrogens (tertiary/aromatic N) is 2. The van der Waals surface area contributed by atoms with Crippen molar-refractivity contribution in [2.75, 3.05) is 24.5 Å². The minimum atomic E-state index is -3.55. The number of fused-ring (bicyclic) bond motifs is 1. The molecule has 4 rings (SSSR count). The second kappa shape index (κ2) is 7.99. The molecule has 0 saturated carbocycles. The standard InChI is InChI=1S/C20H22ClN3O2S2/c1-14-16(21)5-4-8-19(14)28(25,26)22-13-15-9-11-24(12-10-15)20-23-17-6-2-3-7-18(17)27-20/h2-8,15,22H,9-13H2,1H3. The highest BCUT2D eigenvalue weighted by Crippen LogP contribution is 2.31. The van der Waals surface area contributed by atoms with Crippen LogP contribution in [0.4, 0.5) is 5.13 Å². The fraction of sp³-hybridized carbons (Fsp3) is 0.350. The van der Waals surface area contributed by atoms with Crippen LogP contribution in [0.5, 0.6) is 0 Å². The molecular formula is C20H22ClN3O2S2. The van der Waals surface area contributed by atoms with E-state index in [1.54, 1.807) is 36.5 Å². The third-order valence-electron chi connectivity index (χ3n) is 5.24. The molecule has 148 valence electrons. The fourth-order valence-electron chi connectivity index (χ4n) is 3.51. The molecule has 0 bridgehead atoms. The van der Waals surface area contributed by atoms with Gasteiger partial charge in [-0.25, -0.2) is 18.1 Å². The second-order valence-electron chi connectivity index (χ2n) is 7.11. The maximum Gasteiger partial charge on any atom is 0.240 e. The van der Waals surface area contributed by atoms with Crippen LogP contribution in [0.3, 0.4) is 0 Å². The first-order valence-corrected chi connectivity index (χ1v) is 12.0. The summed E-state index contributed by atoms with van der Waals surface area (Å²) < 4.78 is 29.3. The van der Waals surface area contributed by atoms with Crippen molar-refractivity contribution in [2.24, 2.45) is 5.92 Å². The van der Waals surface area contributed by atoms with Crippen LogP contribution in [0.1, 0.15) is 18.4 Å². The predicted octanol–water partition coefficient (Wildman–Crippen LogP) is 4.45.